The lowest BCUT2D eigenvalue weighted by Gasteiger charge is -2.09. The Labute approximate surface area is 103 Å². The van der Waals surface area contributed by atoms with Gasteiger partial charge in [0, 0.05) is 11.1 Å². The first kappa shape index (κ1) is 11.9. The first-order valence-electron chi connectivity index (χ1n) is 4.49. The molecule has 1 aromatic carbocycles. The van der Waals surface area contributed by atoms with Crippen LogP contribution in [0.15, 0.2) is 35.7 Å². The lowest BCUT2D eigenvalue weighted by molar-refractivity contribution is 0.402. The van der Waals surface area contributed by atoms with Gasteiger partial charge in [-0.25, -0.2) is 4.98 Å². The third-order valence-electron chi connectivity index (χ3n) is 2.05. The second kappa shape index (κ2) is 4.34. The molecule has 0 saturated heterocycles. The minimum atomic E-state index is -3.80. The number of rotatable bonds is 3. The molecule has 0 N–H and O–H groups in total. The molecule has 0 unspecified atom stereocenters. The second-order valence-corrected chi connectivity index (χ2v) is 5.27. The van der Waals surface area contributed by atoms with Gasteiger partial charge in [-0.3, -0.25) is 0 Å². The van der Waals surface area contributed by atoms with E-state index in [9.17, 15) is 8.42 Å². The molecular weight excluding hydrogens is 266 g/mol. The molecule has 0 aliphatic heterocycles. The first-order valence-corrected chi connectivity index (χ1v) is 6.31. The van der Waals surface area contributed by atoms with Crippen molar-refractivity contribution < 1.29 is 13.2 Å². The third-order valence-corrected chi connectivity index (χ3v) is 3.86. The summed E-state index contributed by atoms with van der Waals surface area (Å²) in [5, 5.41) is 3.98. The monoisotopic (exact) mass is 273 g/mol. The predicted octanol–water partition coefficient (Wildman–Crippen LogP) is 1.18. The largest absolute Gasteiger partial charge is 0.495 e. The molecule has 17 heavy (non-hydrogen) atoms. The highest BCUT2D eigenvalue weighted by molar-refractivity contribution is 7.90. The smallest absolute Gasteiger partial charge is 0.288 e. The number of hydrogen-bond donors (Lipinski definition) is 0. The van der Waals surface area contributed by atoms with Crippen LogP contribution in [0.2, 0.25) is 5.02 Å². The molecule has 1 heterocycles. The van der Waals surface area contributed by atoms with Gasteiger partial charge in [0.2, 0.25) is 0 Å². The molecule has 6 nitrogen and oxygen atoms in total. The highest BCUT2D eigenvalue weighted by atomic mass is 35.5. The van der Waals surface area contributed by atoms with Gasteiger partial charge in [0.05, 0.1) is 7.11 Å². The molecule has 0 fully saturated rings. The average Bonchev–Trinajstić information content (AvgIpc) is 2.82. The molecule has 0 radical (unpaired) electrons. The Morgan fingerprint density at radius 2 is 2.18 bits per heavy atom. The highest BCUT2D eigenvalue weighted by Crippen LogP contribution is 2.28. The van der Waals surface area contributed by atoms with Crippen LogP contribution >= 0.6 is 11.6 Å². The van der Waals surface area contributed by atoms with E-state index in [0.29, 0.717) is 5.02 Å². The molecule has 8 heteroatoms. The van der Waals surface area contributed by atoms with E-state index < -0.39 is 10.0 Å². The number of halogens is 1. The van der Waals surface area contributed by atoms with Gasteiger partial charge in [0.25, 0.3) is 10.0 Å². The number of ether oxygens (including phenoxy) is 1. The van der Waals surface area contributed by atoms with Gasteiger partial charge >= 0.3 is 0 Å². The van der Waals surface area contributed by atoms with Gasteiger partial charge in [-0.1, -0.05) is 11.6 Å². The van der Waals surface area contributed by atoms with Crippen LogP contribution in [-0.2, 0) is 10.0 Å². The third kappa shape index (κ3) is 2.11. The van der Waals surface area contributed by atoms with E-state index in [4.69, 9.17) is 16.3 Å². The summed E-state index contributed by atoms with van der Waals surface area (Å²) < 4.78 is 30.0. The van der Waals surface area contributed by atoms with E-state index in [1.165, 1.54) is 25.3 Å². The van der Waals surface area contributed by atoms with Crippen LogP contribution in [0.3, 0.4) is 0 Å². The van der Waals surface area contributed by atoms with Crippen molar-refractivity contribution in [3.63, 3.8) is 0 Å². The normalized spacial score (nSPS) is 11.4. The second-order valence-electron chi connectivity index (χ2n) is 3.07. The van der Waals surface area contributed by atoms with Gasteiger partial charge in [-0.05, 0) is 12.1 Å². The standard InChI is InChI=1S/C9H8ClN3O3S/c1-16-8-4-7(10)2-3-9(8)17(14,15)13-6-11-5-12-13/h2-6H,1H3. The quantitative estimate of drug-likeness (QED) is 0.839. The van der Waals surface area contributed by atoms with Gasteiger partial charge in [-0.2, -0.15) is 8.42 Å². The van der Waals surface area contributed by atoms with Crippen LogP contribution in [0.25, 0.3) is 0 Å². The number of aromatic nitrogens is 3. The summed E-state index contributed by atoms with van der Waals surface area (Å²) >= 11 is 5.76. The Hall–Kier alpha value is -1.60. The minimum absolute atomic E-state index is 0.0186. The van der Waals surface area contributed by atoms with Crippen LogP contribution in [0, 0.1) is 0 Å². The van der Waals surface area contributed by atoms with Crippen LogP contribution < -0.4 is 4.74 Å². The molecule has 1 aromatic heterocycles. The van der Waals surface area contributed by atoms with E-state index in [1.54, 1.807) is 0 Å². The van der Waals surface area contributed by atoms with Crippen LogP contribution in [-0.4, -0.2) is 29.7 Å². The average molecular weight is 274 g/mol. The number of nitrogens with zero attached hydrogens (tertiary/aromatic N) is 3. The van der Waals surface area contributed by atoms with E-state index >= 15 is 0 Å². The van der Waals surface area contributed by atoms with E-state index in [2.05, 4.69) is 10.1 Å². The van der Waals surface area contributed by atoms with Gasteiger partial charge in [0.1, 0.15) is 23.3 Å². The zero-order valence-electron chi connectivity index (χ0n) is 8.74. The Morgan fingerprint density at radius 1 is 1.41 bits per heavy atom. The zero-order valence-corrected chi connectivity index (χ0v) is 10.3. The molecule has 0 bridgehead atoms. The van der Waals surface area contributed by atoms with Crippen molar-refractivity contribution in [2.75, 3.05) is 7.11 Å². The lowest BCUT2D eigenvalue weighted by atomic mass is 10.3. The van der Waals surface area contributed by atoms with Gasteiger partial charge in [0.15, 0.2) is 0 Å². The van der Waals surface area contributed by atoms with Gasteiger partial charge < -0.3 is 4.74 Å². The van der Waals surface area contributed by atoms with Crippen molar-refractivity contribution in [2.24, 2.45) is 0 Å². The predicted molar refractivity (Wildman–Crippen MR) is 60.6 cm³/mol. The number of benzene rings is 1. The van der Waals surface area contributed by atoms with Crippen LogP contribution in [0.1, 0.15) is 0 Å². The van der Waals surface area contributed by atoms with Gasteiger partial charge in [-0.15, -0.1) is 9.19 Å². The topological polar surface area (TPSA) is 74.1 Å². The summed E-state index contributed by atoms with van der Waals surface area (Å²) in [5.41, 5.74) is 0. The molecule has 2 rings (SSSR count). The molecule has 0 saturated carbocycles. The first-order chi connectivity index (χ1) is 8.05. The molecule has 0 aliphatic rings. The minimum Gasteiger partial charge on any atom is -0.495 e. The molecule has 0 atom stereocenters. The molecule has 90 valence electrons. The number of hydrogen-bond acceptors (Lipinski definition) is 5. The van der Waals surface area contributed by atoms with Crippen molar-refractivity contribution >= 4 is 21.6 Å². The van der Waals surface area contributed by atoms with Crippen molar-refractivity contribution in [1.82, 2.24) is 14.2 Å². The highest BCUT2D eigenvalue weighted by Gasteiger charge is 2.22. The number of methoxy groups -OCH3 is 1. The fourth-order valence-corrected chi connectivity index (χ4v) is 2.62. The Morgan fingerprint density at radius 3 is 2.76 bits per heavy atom. The molecule has 0 amide bonds. The van der Waals surface area contributed by atoms with E-state index in [1.807, 2.05) is 0 Å². The van der Waals surface area contributed by atoms with Crippen molar-refractivity contribution in [2.45, 2.75) is 4.90 Å². The van der Waals surface area contributed by atoms with Crippen molar-refractivity contribution in [3.05, 3.63) is 35.9 Å². The fraction of sp³-hybridized carbons (Fsp3) is 0.111. The summed E-state index contributed by atoms with van der Waals surface area (Å²) in [4.78, 5) is 3.57. The summed E-state index contributed by atoms with van der Waals surface area (Å²) in [7, 11) is -2.43. The molecule has 0 aliphatic carbocycles. The summed E-state index contributed by atoms with van der Waals surface area (Å²) in [6.45, 7) is 0. The molecular formula is C9H8ClN3O3S. The van der Waals surface area contributed by atoms with Crippen LogP contribution in [0.4, 0.5) is 0 Å². The maximum absolute atomic E-state index is 12.1. The zero-order chi connectivity index (χ0) is 12.5. The van der Waals surface area contributed by atoms with E-state index in [-0.39, 0.29) is 10.6 Å². The molecule has 2 aromatic rings. The SMILES string of the molecule is COc1cc(Cl)ccc1S(=O)(=O)n1cncn1. The maximum Gasteiger partial charge on any atom is 0.288 e. The summed E-state index contributed by atoms with van der Waals surface area (Å²) in [6, 6.07) is 4.25. The molecule has 0 spiro atoms. The van der Waals surface area contributed by atoms with Crippen molar-refractivity contribution in [1.29, 1.82) is 0 Å². The van der Waals surface area contributed by atoms with E-state index in [0.717, 1.165) is 16.7 Å². The Kier molecular flexibility index (Phi) is 3.03. The Bertz CT molecular complexity index is 625. The van der Waals surface area contributed by atoms with Crippen molar-refractivity contribution in [3.8, 4) is 5.75 Å². The van der Waals surface area contributed by atoms with Crippen LogP contribution in [0.5, 0.6) is 5.75 Å². The Balaban J connectivity index is 2.62. The summed E-state index contributed by atoms with van der Waals surface area (Å²) in [5.74, 6) is 0.160. The summed E-state index contributed by atoms with van der Waals surface area (Å²) in [6.07, 6.45) is 2.24. The lowest BCUT2D eigenvalue weighted by Crippen LogP contribution is -2.14. The maximum atomic E-state index is 12.1. The fourth-order valence-electron chi connectivity index (χ4n) is 1.28.